The first-order valence-electron chi connectivity index (χ1n) is 4.76. The first-order valence-corrected chi connectivity index (χ1v) is 7.19. The smallest absolute Gasteiger partial charge is 0.203 e. The minimum atomic E-state index is -3.37. The third-order valence-corrected chi connectivity index (χ3v) is 5.83. The van der Waals surface area contributed by atoms with Crippen LogP contribution in [0.3, 0.4) is 0 Å². The third-order valence-electron chi connectivity index (χ3n) is 2.27. The second-order valence-electron chi connectivity index (χ2n) is 3.27. The summed E-state index contributed by atoms with van der Waals surface area (Å²) in [6.07, 6.45) is 1.47. The number of furan rings is 1. The van der Waals surface area contributed by atoms with Gasteiger partial charge in [-0.1, -0.05) is 6.07 Å². The molecule has 0 aliphatic rings. The fraction of sp³-hybridized carbons (Fsp3) is 0.200. The van der Waals surface area contributed by atoms with Crippen LogP contribution in [0, 0.1) is 0 Å². The monoisotopic (exact) mass is 258 g/mol. The lowest BCUT2D eigenvalue weighted by atomic mass is 10.3. The summed E-state index contributed by atoms with van der Waals surface area (Å²) >= 11 is 1.21. The minimum Gasteiger partial charge on any atom is -0.468 e. The van der Waals surface area contributed by atoms with Gasteiger partial charge in [-0.2, -0.15) is 0 Å². The summed E-state index contributed by atoms with van der Waals surface area (Å²) in [7, 11) is -3.37. The summed E-state index contributed by atoms with van der Waals surface area (Å²) in [5, 5.41) is 1.05. The van der Waals surface area contributed by atoms with Crippen LogP contribution in [0.5, 0.6) is 0 Å². The SMILES string of the molecule is [NH3+]C[C@@H](c1ccco1)S(=O)(=O)c1cccs1. The van der Waals surface area contributed by atoms with Gasteiger partial charge < -0.3 is 10.2 Å². The standard InChI is InChI=1S/C10H11NO3S2/c11-7-9(8-3-1-5-14-8)16(12,13)10-4-2-6-15-10/h1-6,9H,7,11H2/p+1/t9-/m0/s1. The Morgan fingerprint density at radius 2 is 2.19 bits per heavy atom. The zero-order chi connectivity index (χ0) is 11.6. The van der Waals surface area contributed by atoms with Crippen LogP contribution >= 0.6 is 11.3 Å². The van der Waals surface area contributed by atoms with Crippen molar-refractivity contribution < 1.29 is 18.6 Å². The van der Waals surface area contributed by atoms with Gasteiger partial charge in [0.1, 0.15) is 9.97 Å². The lowest BCUT2D eigenvalue weighted by Crippen LogP contribution is -2.54. The summed E-state index contributed by atoms with van der Waals surface area (Å²) < 4.78 is 30.0. The van der Waals surface area contributed by atoms with Gasteiger partial charge >= 0.3 is 0 Å². The molecule has 0 radical (unpaired) electrons. The molecule has 0 bridgehead atoms. The summed E-state index contributed by atoms with van der Waals surface area (Å²) in [5.74, 6) is 0.448. The van der Waals surface area contributed by atoms with Crippen LogP contribution in [0.2, 0.25) is 0 Å². The average Bonchev–Trinajstić information content (AvgIpc) is 2.91. The number of rotatable bonds is 4. The molecule has 0 saturated heterocycles. The highest BCUT2D eigenvalue weighted by molar-refractivity contribution is 7.93. The maximum Gasteiger partial charge on any atom is 0.203 e. The molecular weight excluding hydrogens is 246 g/mol. The van der Waals surface area contributed by atoms with Gasteiger partial charge in [0.2, 0.25) is 9.84 Å². The second-order valence-corrected chi connectivity index (χ2v) is 6.57. The molecule has 86 valence electrons. The molecule has 4 nitrogen and oxygen atoms in total. The molecule has 2 heterocycles. The van der Waals surface area contributed by atoms with Crippen molar-refractivity contribution in [3.63, 3.8) is 0 Å². The first-order chi connectivity index (χ1) is 7.66. The third kappa shape index (κ3) is 1.91. The molecular formula is C10H12NO3S2+. The Kier molecular flexibility index (Phi) is 3.13. The van der Waals surface area contributed by atoms with E-state index in [0.717, 1.165) is 0 Å². The highest BCUT2D eigenvalue weighted by Gasteiger charge is 2.32. The Balaban J connectivity index is 2.43. The van der Waals surface area contributed by atoms with Gasteiger partial charge in [0.25, 0.3) is 0 Å². The van der Waals surface area contributed by atoms with Crippen molar-refractivity contribution in [3.05, 3.63) is 41.7 Å². The topological polar surface area (TPSA) is 74.9 Å². The fourth-order valence-corrected chi connectivity index (χ4v) is 4.29. The van der Waals surface area contributed by atoms with E-state index in [1.165, 1.54) is 17.6 Å². The van der Waals surface area contributed by atoms with Crippen LogP contribution in [0.15, 0.2) is 44.5 Å². The van der Waals surface area contributed by atoms with Gasteiger partial charge in [-0.3, -0.25) is 0 Å². The van der Waals surface area contributed by atoms with Crippen LogP contribution < -0.4 is 5.73 Å². The Morgan fingerprint density at radius 3 is 2.69 bits per heavy atom. The Hall–Kier alpha value is -1.11. The van der Waals surface area contributed by atoms with Crippen molar-refractivity contribution in [2.45, 2.75) is 9.46 Å². The predicted octanol–water partition coefficient (Wildman–Crippen LogP) is 1.10. The van der Waals surface area contributed by atoms with Gasteiger partial charge in [0.15, 0.2) is 5.25 Å². The molecule has 0 amide bonds. The quantitative estimate of drug-likeness (QED) is 0.892. The Labute approximate surface area is 97.6 Å². The number of hydrogen-bond acceptors (Lipinski definition) is 4. The van der Waals surface area contributed by atoms with E-state index in [9.17, 15) is 8.42 Å². The molecule has 0 aromatic carbocycles. The van der Waals surface area contributed by atoms with Crippen LogP contribution in [0.25, 0.3) is 0 Å². The zero-order valence-corrected chi connectivity index (χ0v) is 10.1. The van der Waals surface area contributed by atoms with Crippen LogP contribution in [-0.2, 0) is 9.84 Å². The first kappa shape index (κ1) is 11.4. The molecule has 0 aliphatic carbocycles. The number of hydrogen-bond donors (Lipinski definition) is 1. The fourth-order valence-electron chi connectivity index (χ4n) is 1.49. The van der Waals surface area contributed by atoms with Crippen molar-refractivity contribution in [2.24, 2.45) is 0 Å². The van der Waals surface area contributed by atoms with E-state index in [1.54, 1.807) is 29.6 Å². The molecule has 3 N–H and O–H groups in total. The number of sulfone groups is 1. The van der Waals surface area contributed by atoms with E-state index in [2.05, 4.69) is 5.73 Å². The van der Waals surface area contributed by atoms with Crippen molar-refractivity contribution in [1.29, 1.82) is 0 Å². The van der Waals surface area contributed by atoms with E-state index in [1.807, 2.05) is 0 Å². The molecule has 0 fully saturated rings. The molecule has 6 heteroatoms. The maximum absolute atomic E-state index is 12.2. The van der Waals surface area contributed by atoms with E-state index in [0.29, 0.717) is 9.97 Å². The predicted molar refractivity (Wildman–Crippen MR) is 60.7 cm³/mol. The van der Waals surface area contributed by atoms with Gasteiger partial charge in [0, 0.05) is 0 Å². The summed E-state index contributed by atoms with van der Waals surface area (Å²) in [4.78, 5) is 0. The van der Waals surface area contributed by atoms with Crippen molar-refractivity contribution >= 4 is 21.2 Å². The van der Waals surface area contributed by atoms with Crippen molar-refractivity contribution in [1.82, 2.24) is 0 Å². The Morgan fingerprint density at radius 1 is 1.38 bits per heavy atom. The zero-order valence-electron chi connectivity index (χ0n) is 8.50. The number of thiophene rings is 1. The lowest BCUT2D eigenvalue weighted by molar-refractivity contribution is -0.368. The largest absolute Gasteiger partial charge is 0.468 e. The van der Waals surface area contributed by atoms with E-state index >= 15 is 0 Å². The van der Waals surface area contributed by atoms with Gasteiger partial charge in [0.05, 0.1) is 12.8 Å². The summed E-state index contributed by atoms with van der Waals surface area (Å²) in [6, 6.07) is 6.67. The highest BCUT2D eigenvalue weighted by Crippen LogP contribution is 2.30. The van der Waals surface area contributed by atoms with Crippen LogP contribution in [-0.4, -0.2) is 15.0 Å². The molecule has 2 aromatic rings. The lowest BCUT2D eigenvalue weighted by Gasteiger charge is -2.09. The van der Waals surface area contributed by atoms with E-state index in [-0.39, 0.29) is 6.54 Å². The van der Waals surface area contributed by atoms with Gasteiger partial charge in [-0.05, 0) is 23.6 Å². The highest BCUT2D eigenvalue weighted by atomic mass is 32.2. The summed E-state index contributed by atoms with van der Waals surface area (Å²) in [5.41, 5.74) is 3.68. The minimum absolute atomic E-state index is 0.258. The molecule has 0 spiro atoms. The van der Waals surface area contributed by atoms with E-state index in [4.69, 9.17) is 4.42 Å². The molecule has 0 saturated carbocycles. The molecule has 2 aromatic heterocycles. The average molecular weight is 258 g/mol. The molecule has 0 unspecified atom stereocenters. The molecule has 2 rings (SSSR count). The van der Waals surface area contributed by atoms with E-state index < -0.39 is 15.1 Å². The Bertz CT molecular complexity index is 529. The molecule has 16 heavy (non-hydrogen) atoms. The van der Waals surface area contributed by atoms with Gasteiger partial charge in [-0.25, -0.2) is 8.42 Å². The summed E-state index contributed by atoms with van der Waals surface area (Å²) in [6.45, 7) is 0.258. The van der Waals surface area contributed by atoms with Gasteiger partial charge in [-0.15, -0.1) is 11.3 Å². The maximum atomic E-state index is 12.2. The van der Waals surface area contributed by atoms with Crippen LogP contribution in [0.4, 0.5) is 0 Å². The van der Waals surface area contributed by atoms with Crippen molar-refractivity contribution in [2.75, 3.05) is 6.54 Å². The molecule has 1 atom stereocenters. The van der Waals surface area contributed by atoms with Crippen molar-refractivity contribution in [3.8, 4) is 0 Å². The van der Waals surface area contributed by atoms with Crippen LogP contribution in [0.1, 0.15) is 11.0 Å². The number of quaternary nitrogens is 1. The second kappa shape index (κ2) is 4.40. The molecule has 0 aliphatic heterocycles. The normalized spacial score (nSPS) is 13.8.